The van der Waals surface area contributed by atoms with E-state index in [1.165, 1.54) is 0 Å². The lowest BCUT2D eigenvalue weighted by atomic mass is 9.97. The molecule has 0 radical (unpaired) electrons. The first-order valence-electron chi connectivity index (χ1n) is 6.51. The van der Waals surface area contributed by atoms with Crippen LogP contribution in [0.2, 0.25) is 0 Å². The van der Waals surface area contributed by atoms with Gasteiger partial charge in [-0.1, -0.05) is 6.07 Å². The SMILES string of the molecule is Cc1ccc(C(=O)N2CCNC(=O)C2(C)C)cc1C. The summed E-state index contributed by atoms with van der Waals surface area (Å²) in [4.78, 5) is 26.1. The highest BCUT2D eigenvalue weighted by Crippen LogP contribution is 2.21. The van der Waals surface area contributed by atoms with Gasteiger partial charge in [-0.05, 0) is 51.0 Å². The highest BCUT2D eigenvalue weighted by Gasteiger charge is 2.40. The Morgan fingerprint density at radius 2 is 1.95 bits per heavy atom. The topological polar surface area (TPSA) is 49.4 Å². The third-order valence-electron chi connectivity index (χ3n) is 3.85. The van der Waals surface area contributed by atoms with Gasteiger partial charge in [0.05, 0.1) is 0 Å². The molecule has 0 bridgehead atoms. The van der Waals surface area contributed by atoms with E-state index in [1.807, 2.05) is 32.0 Å². The molecule has 2 rings (SSSR count). The third-order valence-corrected chi connectivity index (χ3v) is 3.85. The molecular weight excluding hydrogens is 240 g/mol. The van der Waals surface area contributed by atoms with Crippen molar-refractivity contribution in [2.24, 2.45) is 0 Å². The normalized spacial score (nSPS) is 18.1. The number of nitrogens with one attached hydrogen (secondary N) is 1. The number of aryl methyl sites for hydroxylation is 2. The Labute approximate surface area is 113 Å². The molecule has 2 amide bonds. The number of amides is 2. The first-order valence-corrected chi connectivity index (χ1v) is 6.51. The van der Waals surface area contributed by atoms with E-state index in [0.29, 0.717) is 18.7 Å². The maximum Gasteiger partial charge on any atom is 0.254 e. The van der Waals surface area contributed by atoms with E-state index >= 15 is 0 Å². The lowest BCUT2D eigenvalue weighted by Crippen LogP contribution is -2.63. The van der Waals surface area contributed by atoms with Crippen LogP contribution in [0.3, 0.4) is 0 Å². The van der Waals surface area contributed by atoms with Gasteiger partial charge in [-0.25, -0.2) is 0 Å². The van der Waals surface area contributed by atoms with Crippen molar-refractivity contribution in [2.45, 2.75) is 33.2 Å². The fourth-order valence-electron chi connectivity index (χ4n) is 2.29. The molecule has 1 fully saturated rings. The Kier molecular flexibility index (Phi) is 3.35. The van der Waals surface area contributed by atoms with Gasteiger partial charge in [0.1, 0.15) is 5.54 Å². The standard InChI is InChI=1S/C15H20N2O2/c1-10-5-6-12(9-11(10)2)13(18)17-8-7-16-14(19)15(17,3)4/h5-6,9H,7-8H2,1-4H3,(H,16,19). The molecule has 1 aromatic rings. The van der Waals surface area contributed by atoms with Gasteiger partial charge in [0.25, 0.3) is 5.91 Å². The molecule has 1 N–H and O–H groups in total. The molecule has 4 heteroatoms. The lowest BCUT2D eigenvalue weighted by molar-refractivity contribution is -0.133. The Morgan fingerprint density at radius 3 is 2.58 bits per heavy atom. The van der Waals surface area contributed by atoms with Gasteiger partial charge in [-0.2, -0.15) is 0 Å². The van der Waals surface area contributed by atoms with Crippen LogP contribution in [-0.2, 0) is 4.79 Å². The molecule has 102 valence electrons. The molecule has 1 heterocycles. The summed E-state index contributed by atoms with van der Waals surface area (Å²) in [5.41, 5.74) is 2.09. The first kappa shape index (κ1) is 13.6. The molecular formula is C15H20N2O2. The Balaban J connectivity index is 2.32. The van der Waals surface area contributed by atoms with Gasteiger partial charge in [0, 0.05) is 18.7 Å². The number of benzene rings is 1. The van der Waals surface area contributed by atoms with Gasteiger partial charge >= 0.3 is 0 Å². The van der Waals surface area contributed by atoms with E-state index in [0.717, 1.165) is 11.1 Å². The zero-order chi connectivity index (χ0) is 14.2. The number of hydrogen-bond acceptors (Lipinski definition) is 2. The minimum absolute atomic E-state index is 0.0806. The van der Waals surface area contributed by atoms with Crippen LogP contribution >= 0.6 is 0 Å². The fraction of sp³-hybridized carbons (Fsp3) is 0.467. The Hall–Kier alpha value is -1.84. The summed E-state index contributed by atoms with van der Waals surface area (Å²) >= 11 is 0. The second kappa shape index (κ2) is 4.68. The highest BCUT2D eigenvalue weighted by molar-refractivity contribution is 5.99. The predicted octanol–water partition coefficient (Wildman–Crippen LogP) is 1.65. The van der Waals surface area contributed by atoms with E-state index in [2.05, 4.69) is 5.32 Å². The zero-order valence-electron chi connectivity index (χ0n) is 11.9. The molecule has 1 saturated heterocycles. The van der Waals surface area contributed by atoms with Crippen molar-refractivity contribution in [1.29, 1.82) is 0 Å². The van der Waals surface area contributed by atoms with Crippen LogP contribution in [0, 0.1) is 13.8 Å². The monoisotopic (exact) mass is 260 g/mol. The number of hydrogen-bond donors (Lipinski definition) is 1. The van der Waals surface area contributed by atoms with Crippen LogP contribution in [0.15, 0.2) is 18.2 Å². The number of carbonyl (C=O) groups is 2. The minimum Gasteiger partial charge on any atom is -0.352 e. The largest absolute Gasteiger partial charge is 0.352 e. The third kappa shape index (κ3) is 2.35. The summed E-state index contributed by atoms with van der Waals surface area (Å²) in [6.07, 6.45) is 0. The Morgan fingerprint density at radius 1 is 1.26 bits per heavy atom. The van der Waals surface area contributed by atoms with Crippen molar-refractivity contribution in [3.63, 3.8) is 0 Å². The molecule has 0 aliphatic carbocycles. The molecule has 1 aliphatic rings. The van der Waals surface area contributed by atoms with Crippen LogP contribution in [0.25, 0.3) is 0 Å². The summed E-state index contributed by atoms with van der Waals surface area (Å²) in [6, 6.07) is 5.66. The molecule has 0 atom stereocenters. The van der Waals surface area contributed by atoms with Crippen LogP contribution in [0.4, 0.5) is 0 Å². The fourth-order valence-corrected chi connectivity index (χ4v) is 2.29. The van der Waals surface area contributed by atoms with Gasteiger partial charge in [-0.15, -0.1) is 0 Å². The summed E-state index contributed by atoms with van der Waals surface area (Å²) in [5.74, 6) is -0.182. The number of nitrogens with zero attached hydrogens (tertiary/aromatic N) is 1. The zero-order valence-corrected chi connectivity index (χ0v) is 11.9. The molecule has 19 heavy (non-hydrogen) atoms. The quantitative estimate of drug-likeness (QED) is 0.834. The maximum absolute atomic E-state index is 12.6. The van der Waals surface area contributed by atoms with Gasteiger partial charge in [-0.3, -0.25) is 9.59 Å². The van der Waals surface area contributed by atoms with Gasteiger partial charge < -0.3 is 10.2 Å². The summed E-state index contributed by atoms with van der Waals surface area (Å²) < 4.78 is 0. The van der Waals surface area contributed by atoms with Crippen molar-refractivity contribution in [3.05, 3.63) is 34.9 Å². The van der Waals surface area contributed by atoms with Crippen molar-refractivity contribution in [2.75, 3.05) is 13.1 Å². The van der Waals surface area contributed by atoms with Crippen molar-refractivity contribution >= 4 is 11.8 Å². The number of rotatable bonds is 1. The average Bonchev–Trinajstić information content (AvgIpc) is 2.35. The summed E-state index contributed by atoms with van der Waals surface area (Å²) in [7, 11) is 0. The van der Waals surface area contributed by atoms with E-state index < -0.39 is 5.54 Å². The Bertz CT molecular complexity index is 535. The van der Waals surface area contributed by atoms with E-state index in [4.69, 9.17) is 0 Å². The average molecular weight is 260 g/mol. The van der Waals surface area contributed by atoms with Gasteiger partial charge in [0.15, 0.2) is 0 Å². The van der Waals surface area contributed by atoms with E-state index in [9.17, 15) is 9.59 Å². The van der Waals surface area contributed by atoms with Gasteiger partial charge in [0.2, 0.25) is 5.91 Å². The van der Waals surface area contributed by atoms with Crippen LogP contribution < -0.4 is 5.32 Å². The molecule has 0 unspecified atom stereocenters. The van der Waals surface area contributed by atoms with E-state index in [-0.39, 0.29) is 11.8 Å². The molecule has 0 spiro atoms. The van der Waals surface area contributed by atoms with Crippen molar-refractivity contribution < 1.29 is 9.59 Å². The number of piperazine rings is 1. The van der Waals surface area contributed by atoms with Crippen LogP contribution in [0.5, 0.6) is 0 Å². The molecule has 4 nitrogen and oxygen atoms in total. The number of carbonyl (C=O) groups excluding carboxylic acids is 2. The summed E-state index contributed by atoms with van der Waals surface area (Å²) in [6.45, 7) is 8.62. The smallest absolute Gasteiger partial charge is 0.254 e. The second-order valence-electron chi connectivity index (χ2n) is 5.57. The van der Waals surface area contributed by atoms with Crippen molar-refractivity contribution in [3.8, 4) is 0 Å². The second-order valence-corrected chi connectivity index (χ2v) is 5.57. The minimum atomic E-state index is -0.797. The molecule has 0 aromatic heterocycles. The predicted molar refractivity (Wildman–Crippen MR) is 74.0 cm³/mol. The maximum atomic E-state index is 12.6. The van der Waals surface area contributed by atoms with Crippen molar-refractivity contribution in [1.82, 2.24) is 10.2 Å². The van der Waals surface area contributed by atoms with Crippen LogP contribution in [-0.4, -0.2) is 35.3 Å². The summed E-state index contributed by atoms with van der Waals surface area (Å²) in [5, 5.41) is 2.80. The van der Waals surface area contributed by atoms with E-state index in [1.54, 1.807) is 18.7 Å². The molecule has 0 saturated carbocycles. The molecule has 1 aromatic carbocycles. The highest BCUT2D eigenvalue weighted by atomic mass is 16.2. The molecule has 1 aliphatic heterocycles. The first-order chi connectivity index (χ1) is 8.84. The van der Waals surface area contributed by atoms with Crippen LogP contribution in [0.1, 0.15) is 35.3 Å². The lowest BCUT2D eigenvalue weighted by Gasteiger charge is -2.41.